The Morgan fingerprint density at radius 2 is 2.12 bits per heavy atom. The maximum absolute atomic E-state index is 11.3. The molecule has 1 unspecified atom stereocenters. The molecule has 0 fully saturated rings. The van der Waals surface area contributed by atoms with E-state index in [2.05, 4.69) is 20.9 Å². The number of hydrogen-bond acceptors (Lipinski definition) is 3. The van der Waals surface area contributed by atoms with Gasteiger partial charge in [0, 0.05) is 27.2 Å². The number of nitrogens with two attached hydrogens (primary N) is 1. The van der Waals surface area contributed by atoms with E-state index in [0.717, 1.165) is 18.9 Å². The second kappa shape index (κ2) is 8.96. The Morgan fingerprint density at radius 3 is 2.62 bits per heavy atom. The van der Waals surface area contributed by atoms with Crippen LogP contribution in [0.25, 0.3) is 0 Å². The predicted molar refractivity (Wildman–Crippen MR) is 66.3 cm³/mol. The minimum absolute atomic E-state index is 0.0829. The van der Waals surface area contributed by atoms with Crippen LogP contribution in [0.1, 0.15) is 19.8 Å². The van der Waals surface area contributed by atoms with Crippen molar-refractivity contribution in [3.63, 3.8) is 0 Å². The normalized spacial score (nSPS) is 13.1. The van der Waals surface area contributed by atoms with Gasteiger partial charge in [0.15, 0.2) is 5.96 Å². The maximum atomic E-state index is 11.3. The van der Waals surface area contributed by atoms with Crippen LogP contribution in [0, 0.1) is 0 Å². The fourth-order valence-electron chi connectivity index (χ4n) is 1.24. The molecular weight excluding hydrogens is 206 g/mol. The number of carbonyl (C=O) groups is 1. The fraction of sp³-hybridized carbons (Fsp3) is 0.800. The van der Waals surface area contributed by atoms with Gasteiger partial charge in [-0.3, -0.25) is 9.79 Å². The molecule has 6 heteroatoms. The van der Waals surface area contributed by atoms with Gasteiger partial charge in [-0.15, -0.1) is 0 Å². The van der Waals surface area contributed by atoms with Gasteiger partial charge in [0.05, 0.1) is 6.04 Å². The molecule has 1 amide bonds. The topological polar surface area (TPSA) is 91.5 Å². The van der Waals surface area contributed by atoms with Gasteiger partial charge in [-0.2, -0.15) is 0 Å². The SMILES string of the molecule is CCNC(=O)C(N)CCCNC(=NC)NC. The molecule has 0 heterocycles. The number of nitrogens with one attached hydrogen (secondary N) is 3. The van der Waals surface area contributed by atoms with Crippen LogP contribution >= 0.6 is 0 Å². The first kappa shape index (κ1) is 14.7. The third-order valence-electron chi connectivity index (χ3n) is 2.13. The molecular formula is C10H23N5O. The smallest absolute Gasteiger partial charge is 0.236 e. The van der Waals surface area contributed by atoms with Crippen molar-refractivity contribution < 1.29 is 4.79 Å². The Bertz CT molecular complexity index is 229. The number of guanidine groups is 1. The highest BCUT2D eigenvalue weighted by atomic mass is 16.2. The number of likely N-dealkylation sites (N-methyl/N-ethyl adjacent to an activating group) is 1. The summed E-state index contributed by atoms with van der Waals surface area (Å²) in [7, 11) is 3.51. The Balaban J connectivity index is 3.62. The van der Waals surface area contributed by atoms with Crippen LogP contribution < -0.4 is 21.7 Å². The molecule has 0 rings (SSSR count). The first-order valence-corrected chi connectivity index (χ1v) is 5.57. The Kier molecular flexibility index (Phi) is 8.24. The van der Waals surface area contributed by atoms with Gasteiger partial charge in [0.1, 0.15) is 0 Å². The van der Waals surface area contributed by atoms with Gasteiger partial charge < -0.3 is 21.7 Å². The minimum atomic E-state index is -0.418. The highest BCUT2D eigenvalue weighted by Crippen LogP contribution is 1.93. The van der Waals surface area contributed by atoms with Crippen molar-refractivity contribution >= 4 is 11.9 Å². The monoisotopic (exact) mass is 229 g/mol. The first-order valence-electron chi connectivity index (χ1n) is 5.57. The zero-order chi connectivity index (χ0) is 12.4. The Labute approximate surface area is 97.1 Å². The number of hydrogen-bond donors (Lipinski definition) is 4. The van der Waals surface area contributed by atoms with E-state index in [0.29, 0.717) is 13.0 Å². The van der Waals surface area contributed by atoms with Crippen molar-refractivity contribution in [1.29, 1.82) is 0 Å². The fourth-order valence-corrected chi connectivity index (χ4v) is 1.24. The van der Waals surface area contributed by atoms with Crippen molar-refractivity contribution in [3.05, 3.63) is 0 Å². The van der Waals surface area contributed by atoms with Crippen molar-refractivity contribution in [2.75, 3.05) is 27.2 Å². The van der Waals surface area contributed by atoms with E-state index < -0.39 is 6.04 Å². The summed E-state index contributed by atoms with van der Waals surface area (Å²) in [6, 6.07) is -0.418. The van der Waals surface area contributed by atoms with Crippen molar-refractivity contribution in [3.8, 4) is 0 Å². The molecule has 6 nitrogen and oxygen atoms in total. The lowest BCUT2D eigenvalue weighted by molar-refractivity contribution is -0.122. The third kappa shape index (κ3) is 6.23. The lowest BCUT2D eigenvalue weighted by Crippen LogP contribution is -2.41. The summed E-state index contributed by atoms with van der Waals surface area (Å²) >= 11 is 0. The van der Waals surface area contributed by atoms with Crippen LogP contribution in [0.3, 0.4) is 0 Å². The summed E-state index contributed by atoms with van der Waals surface area (Å²) in [5.74, 6) is 0.659. The zero-order valence-electron chi connectivity index (χ0n) is 10.3. The van der Waals surface area contributed by atoms with Crippen LogP contribution in [0.4, 0.5) is 0 Å². The first-order chi connectivity index (χ1) is 7.65. The summed E-state index contributed by atoms with van der Waals surface area (Å²) in [6.45, 7) is 3.25. The van der Waals surface area contributed by atoms with Gasteiger partial charge in [0.25, 0.3) is 0 Å². The van der Waals surface area contributed by atoms with E-state index in [9.17, 15) is 4.79 Å². The standard InChI is InChI=1S/C10H23N5O/c1-4-14-9(16)8(11)6-5-7-15-10(12-2)13-3/h8H,4-7,11H2,1-3H3,(H,14,16)(H2,12,13,15). The summed E-state index contributed by atoms with van der Waals surface area (Å²) < 4.78 is 0. The van der Waals surface area contributed by atoms with E-state index in [-0.39, 0.29) is 5.91 Å². The number of rotatable bonds is 6. The molecule has 0 aliphatic carbocycles. The van der Waals surface area contributed by atoms with Crippen molar-refractivity contribution in [2.24, 2.45) is 10.7 Å². The zero-order valence-corrected chi connectivity index (χ0v) is 10.3. The van der Waals surface area contributed by atoms with Gasteiger partial charge in [-0.05, 0) is 19.8 Å². The molecule has 94 valence electrons. The predicted octanol–water partition coefficient (Wildman–Crippen LogP) is -0.975. The number of aliphatic imine (C=N–C) groups is 1. The molecule has 0 saturated carbocycles. The van der Waals surface area contributed by atoms with Crippen molar-refractivity contribution in [1.82, 2.24) is 16.0 Å². The van der Waals surface area contributed by atoms with E-state index in [4.69, 9.17) is 5.73 Å². The van der Waals surface area contributed by atoms with E-state index in [1.165, 1.54) is 0 Å². The lowest BCUT2D eigenvalue weighted by atomic mass is 10.1. The molecule has 0 aromatic heterocycles. The average Bonchev–Trinajstić information content (AvgIpc) is 2.29. The highest BCUT2D eigenvalue weighted by Gasteiger charge is 2.11. The number of nitrogens with zero attached hydrogens (tertiary/aromatic N) is 1. The summed E-state index contributed by atoms with van der Waals surface area (Å²) in [5, 5.41) is 8.71. The van der Waals surface area contributed by atoms with Crippen LogP contribution in [0.2, 0.25) is 0 Å². The highest BCUT2D eigenvalue weighted by molar-refractivity contribution is 5.81. The second-order valence-electron chi connectivity index (χ2n) is 3.39. The summed E-state index contributed by atoms with van der Waals surface area (Å²) in [5.41, 5.74) is 5.70. The Hall–Kier alpha value is -1.30. The quantitative estimate of drug-likeness (QED) is 0.268. The minimum Gasteiger partial charge on any atom is -0.359 e. The number of amides is 1. The van der Waals surface area contributed by atoms with Crippen LogP contribution in [-0.2, 0) is 4.79 Å². The molecule has 0 bridgehead atoms. The molecule has 1 atom stereocenters. The number of carbonyl (C=O) groups excluding carboxylic acids is 1. The van der Waals surface area contributed by atoms with E-state index >= 15 is 0 Å². The van der Waals surface area contributed by atoms with Gasteiger partial charge in [-0.1, -0.05) is 0 Å². The molecule has 0 radical (unpaired) electrons. The summed E-state index contributed by atoms with van der Waals surface area (Å²) in [4.78, 5) is 15.3. The van der Waals surface area contributed by atoms with E-state index in [1.807, 2.05) is 6.92 Å². The molecule has 0 aliphatic heterocycles. The lowest BCUT2D eigenvalue weighted by Gasteiger charge is -2.12. The van der Waals surface area contributed by atoms with E-state index in [1.54, 1.807) is 14.1 Å². The second-order valence-corrected chi connectivity index (χ2v) is 3.39. The molecule has 0 saturated heterocycles. The third-order valence-corrected chi connectivity index (χ3v) is 2.13. The van der Waals surface area contributed by atoms with Crippen LogP contribution in [0.5, 0.6) is 0 Å². The molecule has 0 aromatic carbocycles. The van der Waals surface area contributed by atoms with Crippen LogP contribution in [-0.4, -0.2) is 45.1 Å². The summed E-state index contributed by atoms with van der Waals surface area (Å²) in [6.07, 6.45) is 1.50. The molecule has 5 N–H and O–H groups in total. The average molecular weight is 229 g/mol. The van der Waals surface area contributed by atoms with Crippen LogP contribution in [0.15, 0.2) is 4.99 Å². The molecule has 16 heavy (non-hydrogen) atoms. The molecule has 0 aliphatic rings. The molecule has 0 spiro atoms. The largest absolute Gasteiger partial charge is 0.359 e. The van der Waals surface area contributed by atoms with Crippen molar-refractivity contribution in [2.45, 2.75) is 25.8 Å². The van der Waals surface area contributed by atoms with Gasteiger partial charge in [0.2, 0.25) is 5.91 Å². The van der Waals surface area contributed by atoms with Gasteiger partial charge >= 0.3 is 0 Å². The Morgan fingerprint density at radius 1 is 1.44 bits per heavy atom. The van der Waals surface area contributed by atoms with Gasteiger partial charge in [-0.25, -0.2) is 0 Å². The molecule has 0 aromatic rings. The maximum Gasteiger partial charge on any atom is 0.236 e.